The minimum atomic E-state index is 0.0528. The highest BCUT2D eigenvalue weighted by Gasteiger charge is 2.36. The molecule has 1 aliphatic heterocycles. The van der Waals surface area contributed by atoms with Gasteiger partial charge in [-0.1, -0.05) is 0 Å². The van der Waals surface area contributed by atoms with Gasteiger partial charge in [-0.05, 0) is 31.7 Å². The zero-order chi connectivity index (χ0) is 14.4. The SMILES string of the molecule is Cc1cnc(C2CN(C(=O)c3ccoc3)C2)n1CC1CC1. The van der Waals surface area contributed by atoms with E-state index in [1.165, 1.54) is 31.1 Å². The summed E-state index contributed by atoms with van der Waals surface area (Å²) in [5.74, 6) is 2.40. The van der Waals surface area contributed by atoms with Crippen molar-refractivity contribution in [2.24, 2.45) is 5.92 Å². The van der Waals surface area contributed by atoms with Gasteiger partial charge >= 0.3 is 0 Å². The highest BCUT2D eigenvalue weighted by atomic mass is 16.3. The Labute approximate surface area is 123 Å². The molecule has 0 bridgehead atoms. The van der Waals surface area contributed by atoms with Gasteiger partial charge in [0.1, 0.15) is 12.1 Å². The van der Waals surface area contributed by atoms with Gasteiger partial charge in [-0.15, -0.1) is 0 Å². The summed E-state index contributed by atoms with van der Waals surface area (Å²) in [6.07, 6.45) is 7.68. The third-order valence-corrected chi connectivity index (χ3v) is 4.53. The van der Waals surface area contributed by atoms with Crippen LogP contribution in [0, 0.1) is 12.8 Å². The molecule has 5 nitrogen and oxygen atoms in total. The first-order valence-electron chi connectivity index (χ1n) is 7.56. The second kappa shape index (κ2) is 4.76. The fraction of sp³-hybridized carbons (Fsp3) is 0.500. The third-order valence-electron chi connectivity index (χ3n) is 4.53. The van der Waals surface area contributed by atoms with E-state index < -0.39 is 0 Å². The van der Waals surface area contributed by atoms with Crippen molar-refractivity contribution < 1.29 is 9.21 Å². The van der Waals surface area contributed by atoms with Crippen LogP contribution < -0.4 is 0 Å². The average Bonchev–Trinajstić information content (AvgIpc) is 2.94. The summed E-state index contributed by atoms with van der Waals surface area (Å²) >= 11 is 0. The minimum absolute atomic E-state index is 0.0528. The van der Waals surface area contributed by atoms with Crippen LogP contribution in [0.5, 0.6) is 0 Å². The second-order valence-electron chi connectivity index (χ2n) is 6.23. The molecule has 1 aliphatic carbocycles. The van der Waals surface area contributed by atoms with Gasteiger partial charge < -0.3 is 13.9 Å². The topological polar surface area (TPSA) is 51.3 Å². The summed E-state index contributed by atoms with van der Waals surface area (Å²) in [7, 11) is 0. The largest absolute Gasteiger partial charge is 0.472 e. The third kappa shape index (κ3) is 2.26. The lowest BCUT2D eigenvalue weighted by Crippen LogP contribution is -2.49. The molecule has 3 heterocycles. The molecule has 2 aliphatic rings. The highest BCUT2D eigenvalue weighted by molar-refractivity contribution is 5.94. The van der Waals surface area contributed by atoms with E-state index in [-0.39, 0.29) is 5.91 Å². The van der Waals surface area contributed by atoms with Crippen LogP contribution in [-0.4, -0.2) is 33.4 Å². The molecule has 4 rings (SSSR count). The van der Waals surface area contributed by atoms with E-state index in [1.54, 1.807) is 6.07 Å². The Morgan fingerprint density at radius 2 is 2.24 bits per heavy atom. The molecule has 0 unspecified atom stereocenters. The summed E-state index contributed by atoms with van der Waals surface area (Å²) in [5.41, 5.74) is 1.86. The predicted octanol–water partition coefficient (Wildman–Crippen LogP) is 2.43. The number of amides is 1. The Morgan fingerprint density at radius 1 is 1.43 bits per heavy atom. The number of nitrogens with zero attached hydrogens (tertiary/aromatic N) is 3. The number of carbonyl (C=O) groups excluding carboxylic acids is 1. The maximum absolute atomic E-state index is 12.2. The van der Waals surface area contributed by atoms with Crippen LogP contribution in [-0.2, 0) is 6.54 Å². The van der Waals surface area contributed by atoms with Crippen LogP contribution in [0.2, 0.25) is 0 Å². The molecule has 1 saturated carbocycles. The Balaban J connectivity index is 1.44. The van der Waals surface area contributed by atoms with Gasteiger partial charge in [-0.2, -0.15) is 0 Å². The Hall–Kier alpha value is -2.04. The number of imidazole rings is 1. The lowest BCUT2D eigenvalue weighted by molar-refractivity contribution is 0.0590. The summed E-state index contributed by atoms with van der Waals surface area (Å²) < 4.78 is 7.32. The molecular formula is C16H19N3O2. The van der Waals surface area contributed by atoms with Crippen molar-refractivity contribution >= 4 is 5.91 Å². The zero-order valence-electron chi connectivity index (χ0n) is 12.2. The quantitative estimate of drug-likeness (QED) is 0.867. The smallest absolute Gasteiger partial charge is 0.257 e. The molecule has 0 atom stereocenters. The summed E-state index contributed by atoms with van der Waals surface area (Å²) in [6, 6.07) is 1.72. The Bertz CT molecular complexity index is 649. The van der Waals surface area contributed by atoms with Gasteiger partial charge in [0.05, 0.1) is 17.7 Å². The van der Waals surface area contributed by atoms with Crippen molar-refractivity contribution in [2.75, 3.05) is 13.1 Å². The van der Waals surface area contributed by atoms with Crippen LogP contribution in [0.4, 0.5) is 0 Å². The van der Waals surface area contributed by atoms with Gasteiger partial charge in [0, 0.05) is 31.5 Å². The number of hydrogen-bond donors (Lipinski definition) is 0. The Kier molecular flexibility index (Phi) is 2.87. The fourth-order valence-corrected chi connectivity index (χ4v) is 2.98. The summed E-state index contributed by atoms with van der Waals surface area (Å²) in [5, 5.41) is 0. The molecule has 2 aromatic heterocycles. The number of aryl methyl sites for hydroxylation is 1. The van der Waals surface area contributed by atoms with Crippen LogP contribution >= 0.6 is 0 Å². The zero-order valence-corrected chi connectivity index (χ0v) is 12.2. The van der Waals surface area contributed by atoms with Crippen molar-refractivity contribution in [3.8, 4) is 0 Å². The molecule has 5 heteroatoms. The molecular weight excluding hydrogens is 266 g/mol. The van der Waals surface area contributed by atoms with E-state index in [0.29, 0.717) is 11.5 Å². The lowest BCUT2D eigenvalue weighted by atomic mass is 9.98. The number of furan rings is 1. The molecule has 2 fully saturated rings. The van der Waals surface area contributed by atoms with Crippen molar-refractivity contribution in [1.29, 1.82) is 0 Å². The molecule has 21 heavy (non-hydrogen) atoms. The average molecular weight is 285 g/mol. The van der Waals surface area contributed by atoms with Crippen molar-refractivity contribution in [1.82, 2.24) is 14.5 Å². The van der Waals surface area contributed by atoms with Gasteiger partial charge in [0.2, 0.25) is 0 Å². The van der Waals surface area contributed by atoms with E-state index in [1.807, 2.05) is 11.1 Å². The number of hydrogen-bond acceptors (Lipinski definition) is 3. The van der Waals surface area contributed by atoms with Gasteiger partial charge in [-0.25, -0.2) is 4.98 Å². The van der Waals surface area contributed by atoms with Gasteiger partial charge in [0.25, 0.3) is 5.91 Å². The predicted molar refractivity (Wildman–Crippen MR) is 77.0 cm³/mol. The number of rotatable bonds is 4. The van der Waals surface area contributed by atoms with Crippen LogP contribution in [0.3, 0.4) is 0 Å². The normalized spacial score (nSPS) is 18.8. The monoisotopic (exact) mass is 285 g/mol. The Morgan fingerprint density at radius 3 is 2.90 bits per heavy atom. The molecule has 2 aromatic rings. The minimum Gasteiger partial charge on any atom is -0.472 e. The van der Waals surface area contributed by atoms with Gasteiger partial charge in [-0.3, -0.25) is 4.79 Å². The first-order valence-corrected chi connectivity index (χ1v) is 7.56. The lowest BCUT2D eigenvalue weighted by Gasteiger charge is -2.38. The van der Waals surface area contributed by atoms with Crippen LogP contribution in [0.25, 0.3) is 0 Å². The van der Waals surface area contributed by atoms with Crippen LogP contribution in [0.1, 0.15) is 40.6 Å². The molecule has 0 spiro atoms. The van der Waals surface area contributed by atoms with Crippen molar-refractivity contribution in [3.63, 3.8) is 0 Å². The van der Waals surface area contributed by atoms with Crippen molar-refractivity contribution in [2.45, 2.75) is 32.2 Å². The van der Waals surface area contributed by atoms with E-state index in [9.17, 15) is 4.79 Å². The fourth-order valence-electron chi connectivity index (χ4n) is 2.98. The van der Waals surface area contributed by atoms with E-state index in [0.717, 1.165) is 31.4 Å². The first kappa shape index (κ1) is 12.7. The number of likely N-dealkylation sites (tertiary alicyclic amines) is 1. The first-order chi connectivity index (χ1) is 10.2. The van der Waals surface area contributed by atoms with E-state index in [4.69, 9.17) is 4.42 Å². The van der Waals surface area contributed by atoms with Crippen molar-refractivity contribution in [3.05, 3.63) is 41.9 Å². The van der Waals surface area contributed by atoms with Crippen LogP contribution in [0.15, 0.2) is 29.2 Å². The molecule has 1 saturated heterocycles. The number of carbonyl (C=O) groups is 1. The maximum Gasteiger partial charge on any atom is 0.257 e. The van der Waals surface area contributed by atoms with E-state index in [2.05, 4.69) is 16.5 Å². The molecule has 110 valence electrons. The molecule has 0 aromatic carbocycles. The highest BCUT2D eigenvalue weighted by Crippen LogP contribution is 2.34. The maximum atomic E-state index is 12.2. The number of aromatic nitrogens is 2. The summed E-state index contributed by atoms with van der Waals surface area (Å²) in [6.45, 7) is 4.72. The van der Waals surface area contributed by atoms with Gasteiger partial charge in [0.15, 0.2) is 0 Å². The molecule has 0 N–H and O–H groups in total. The standard InChI is InChI=1S/C16H19N3O2/c1-11-6-17-15(19(11)7-12-2-3-12)14-8-18(9-14)16(20)13-4-5-21-10-13/h4-6,10,12,14H,2-3,7-9H2,1H3. The molecule has 1 amide bonds. The second-order valence-corrected chi connectivity index (χ2v) is 6.23. The molecule has 0 radical (unpaired) electrons. The summed E-state index contributed by atoms with van der Waals surface area (Å²) in [4.78, 5) is 18.6. The van der Waals surface area contributed by atoms with E-state index >= 15 is 0 Å².